The molecule has 0 bridgehead atoms. The Morgan fingerprint density at radius 3 is 2.74 bits per heavy atom. The summed E-state index contributed by atoms with van der Waals surface area (Å²) < 4.78 is 28.8. The van der Waals surface area contributed by atoms with Crippen LogP contribution in [0, 0.1) is 6.92 Å². The maximum Gasteiger partial charge on any atom is 0.262 e. The van der Waals surface area contributed by atoms with Crippen LogP contribution < -0.4 is 0 Å². The second-order valence-corrected chi connectivity index (χ2v) is 8.77. The number of thiophene rings is 1. The highest BCUT2D eigenvalue weighted by atomic mass is 32.2. The summed E-state index contributed by atoms with van der Waals surface area (Å²) >= 11 is 1.74. The van der Waals surface area contributed by atoms with E-state index in [4.69, 9.17) is 0 Å². The zero-order chi connectivity index (χ0) is 16.4. The van der Waals surface area contributed by atoms with Crippen LogP contribution in [0.4, 0.5) is 0 Å². The van der Waals surface area contributed by atoms with Gasteiger partial charge >= 0.3 is 0 Å². The number of imidazole rings is 1. The van der Waals surface area contributed by atoms with E-state index >= 15 is 0 Å². The van der Waals surface area contributed by atoms with Gasteiger partial charge in [-0.25, -0.2) is 13.4 Å². The Bertz CT molecular complexity index is 733. The third-order valence-electron chi connectivity index (χ3n) is 4.20. The minimum atomic E-state index is -3.50. The van der Waals surface area contributed by atoms with Gasteiger partial charge in [0.1, 0.15) is 5.82 Å². The normalized spacial score (nSPS) is 18.2. The molecule has 1 saturated heterocycles. The zero-order valence-electron chi connectivity index (χ0n) is 13.5. The molecule has 1 aliphatic rings. The Balaban J connectivity index is 1.69. The number of aryl methyl sites for hydroxylation is 2. The lowest BCUT2D eigenvalue weighted by Crippen LogP contribution is -2.35. The van der Waals surface area contributed by atoms with E-state index in [1.165, 1.54) is 4.88 Å². The fraction of sp³-hybridized carbons (Fsp3) is 0.533. The van der Waals surface area contributed by atoms with E-state index in [0.717, 1.165) is 26.1 Å². The average molecular weight is 355 g/mol. The molecular weight excluding hydrogens is 332 g/mol. The number of rotatable bonds is 4. The molecule has 0 saturated carbocycles. The second kappa shape index (κ2) is 6.72. The summed E-state index contributed by atoms with van der Waals surface area (Å²) in [5.41, 5.74) is 0. The third kappa shape index (κ3) is 3.65. The first-order chi connectivity index (χ1) is 11.0. The first-order valence-electron chi connectivity index (χ1n) is 7.71. The van der Waals surface area contributed by atoms with Gasteiger partial charge < -0.3 is 4.57 Å². The maximum atomic E-state index is 12.8. The second-order valence-electron chi connectivity index (χ2n) is 5.85. The molecule has 2 aromatic rings. The molecule has 0 N–H and O–H groups in total. The first kappa shape index (κ1) is 16.6. The van der Waals surface area contributed by atoms with E-state index in [1.54, 1.807) is 26.4 Å². The van der Waals surface area contributed by atoms with E-state index in [-0.39, 0.29) is 5.03 Å². The van der Waals surface area contributed by atoms with Crippen molar-refractivity contribution in [3.05, 3.63) is 34.4 Å². The van der Waals surface area contributed by atoms with Gasteiger partial charge in [0.05, 0.1) is 0 Å². The summed E-state index contributed by atoms with van der Waals surface area (Å²) in [4.78, 5) is 7.83. The predicted octanol–water partition coefficient (Wildman–Crippen LogP) is 1.69. The van der Waals surface area contributed by atoms with E-state index < -0.39 is 10.0 Å². The molecule has 0 aromatic carbocycles. The van der Waals surface area contributed by atoms with E-state index in [1.807, 2.05) is 14.0 Å². The molecule has 0 atom stereocenters. The van der Waals surface area contributed by atoms with Gasteiger partial charge in [0.25, 0.3) is 10.0 Å². The summed E-state index contributed by atoms with van der Waals surface area (Å²) in [5.74, 6) is 0.706. The van der Waals surface area contributed by atoms with Crippen molar-refractivity contribution in [1.82, 2.24) is 18.8 Å². The highest BCUT2D eigenvalue weighted by Crippen LogP contribution is 2.19. The van der Waals surface area contributed by atoms with Crippen molar-refractivity contribution in [1.29, 1.82) is 0 Å². The van der Waals surface area contributed by atoms with Crippen molar-refractivity contribution in [3.8, 4) is 0 Å². The molecule has 0 unspecified atom stereocenters. The molecule has 126 valence electrons. The van der Waals surface area contributed by atoms with Gasteiger partial charge in [0.15, 0.2) is 5.03 Å². The van der Waals surface area contributed by atoms with Crippen molar-refractivity contribution in [2.75, 3.05) is 26.2 Å². The van der Waals surface area contributed by atoms with Crippen molar-refractivity contribution < 1.29 is 8.42 Å². The zero-order valence-corrected chi connectivity index (χ0v) is 15.1. The molecule has 3 heterocycles. The van der Waals surface area contributed by atoms with Gasteiger partial charge in [-0.05, 0) is 31.3 Å². The fourth-order valence-electron chi connectivity index (χ4n) is 2.75. The smallest absolute Gasteiger partial charge is 0.262 e. The van der Waals surface area contributed by atoms with Crippen LogP contribution in [0.3, 0.4) is 0 Å². The predicted molar refractivity (Wildman–Crippen MR) is 90.9 cm³/mol. The lowest BCUT2D eigenvalue weighted by molar-refractivity contribution is 0.281. The standard InChI is InChI=1S/C15H22N4O2S2/c1-13-16-15(12-17(13)2)23(20,21)19-7-4-6-18(8-9-19)11-14-5-3-10-22-14/h3,5,10,12H,4,6-9,11H2,1-2H3. The molecule has 2 aromatic heterocycles. The van der Waals surface area contributed by atoms with Crippen LogP contribution in [0.1, 0.15) is 17.1 Å². The minimum absolute atomic E-state index is 0.157. The van der Waals surface area contributed by atoms with Crippen molar-refractivity contribution in [3.63, 3.8) is 0 Å². The van der Waals surface area contributed by atoms with E-state index in [9.17, 15) is 8.42 Å². The number of nitrogens with zero attached hydrogens (tertiary/aromatic N) is 4. The Hall–Kier alpha value is -1.22. The molecule has 0 spiro atoms. The SMILES string of the molecule is Cc1nc(S(=O)(=O)N2CCCN(Cc3cccs3)CC2)cn1C. The summed E-state index contributed by atoms with van der Waals surface area (Å²) in [6, 6.07) is 4.18. The van der Waals surface area contributed by atoms with Crippen molar-refractivity contribution >= 4 is 21.4 Å². The Morgan fingerprint density at radius 1 is 1.26 bits per heavy atom. The third-order valence-corrected chi connectivity index (χ3v) is 6.83. The van der Waals surface area contributed by atoms with E-state index in [0.29, 0.717) is 18.9 Å². The number of hydrogen-bond acceptors (Lipinski definition) is 5. The van der Waals surface area contributed by atoms with Gasteiger partial charge in [0.2, 0.25) is 0 Å². The summed E-state index contributed by atoms with van der Waals surface area (Å²) in [6.45, 7) is 5.45. The van der Waals surface area contributed by atoms with Crippen LogP contribution in [0.2, 0.25) is 0 Å². The quantitative estimate of drug-likeness (QED) is 0.838. The van der Waals surface area contributed by atoms with Gasteiger partial charge in [0, 0.05) is 44.3 Å². The minimum Gasteiger partial charge on any atom is -0.337 e. The number of hydrogen-bond donors (Lipinski definition) is 0. The Morgan fingerprint density at radius 2 is 2.09 bits per heavy atom. The Labute approximate surface area is 141 Å². The molecule has 23 heavy (non-hydrogen) atoms. The molecule has 1 fully saturated rings. The summed E-state index contributed by atoms with van der Waals surface area (Å²) in [5, 5.41) is 2.23. The maximum absolute atomic E-state index is 12.8. The number of aromatic nitrogens is 2. The average Bonchev–Trinajstić information content (AvgIpc) is 3.05. The van der Waals surface area contributed by atoms with Gasteiger partial charge in [-0.1, -0.05) is 6.07 Å². The van der Waals surface area contributed by atoms with Crippen LogP contribution in [0.25, 0.3) is 0 Å². The fourth-order valence-corrected chi connectivity index (χ4v) is 4.99. The van der Waals surface area contributed by atoms with Crippen molar-refractivity contribution in [2.45, 2.75) is 24.9 Å². The van der Waals surface area contributed by atoms with Gasteiger partial charge in [-0.2, -0.15) is 4.31 Å². The number of sulfonamides is 1. The lowest BCUT2D eigenvalue weighted by Gasteiger charge is -2.20. The molecule has 1 aliphatic heterocycles. The van der Waals surface area contributed by atoms with Crippen molar-refractivity contribution in [2.24, 2.45) is 7.05 Å². The molecule has 0 amide bonds. The topological polar surface area (TPSA) is 58.4 Å². The molecular formula is C15H22N4O2S2. The molecule has 6 nitrogen and oxygen atoms in total. The monoisotopic (exact) mass is 354 g/mol. The summed E-state index contributed by atoms with van der Waals surface area (Å²) in [6.07, 6.45) is 2.44. The van der Waals surface area contributed by atoms with Gasteiger partial charge in [-0.15, -0.1) is 11.3 Å². The largest absolute Gasteiger partial charge is 0.337 e. The Kier molecular flexibility index (Phi) is 4.86. The summed E-state index contributed by atoms with van der Waals surface area (Å²) in [7, 11) is -1.68. The van der Waals surface area contributed by atoms with Crippen LogP contribution >= 0.6 is 11.3 Å². The van der Waals surface area contributed by atoms with Gasteiger partial charge in [-0.3, -0.25) is 4.90 Å². The van der Waals surface area contributed by atoms with Crippen LogP contribution in [0.15, 0.2) is 28.7 Å². The van der Waals surface area contributed by atoms with Crippen LogP contribution in [-0.2, 0) is 23.6 Å². The molecule has 3 rings (SSSR count). The highest BCUT2D eigenvalue weighted by molar-refractivity contribution is 7.89. The van der Waals surface area contributed by atoms with E-state index in [2.05, 4.69) is 27.4 Å². The van der Waals surface area contributed by atoms with Crippen LogP contribution in [-0.4, -0.2) is 53.4 Å². The lowest BCUT2D eigenvalue weighted by atomic mass is 10.3. The molecule has 8 heteroatoms. The molecule has 0 aliphatic carbocycles. The first-order valence-corrected chi connectivity index (χ1v) is 10.0. The molecule has 0 radical (unpaired) electrons. The van der Waals surface area contributed by atoms with Crippen LogP contribution in [0.5, 0.6) is 0 Å². The highest BCUT2D eigenvalue weighted by Gasteiger charge is 2.29.